The van der Waals surface area contributed by atoms with Gasteiger partial charge in [-0.05, 0) is 18.2 Å². The van der Waals surface area contributed by atoms with Crippen LogP contribution in [-0.4, -0.2) is 5.91 Å². The van der Waals surface area contributed by atoms with Gasteiger partial charge in [0, 0.05) is 17.8 Å². The van der Waals surface area contributed by atoms with Gasteiger partial charge in [-0.1, -0.05) is 0 Å². The smallest absolute Gasteiger partial charge is 0.261 e. The van der Waals surface area contributed by atoms with Crippen LogP contribution >= 0.6 is 0 Å². The summed E-state index contributed by atoms with van der Waals surface area (Å²) in [5.74, 6) is -6.01. The Balaban J connectivity index is 2.33. The molecule has 0 spiro atoms. The molecule has 0 aliphatic heterocycles. The molecule has 0 fully saturated rings. The second-order valence-corrected chi connectivity index (χ2v) is 3.94. The maximum Gasteiger partial charge on any atom is 0.261 e. The molecule has 20 heavy (non-hydrogen) atoms. The van der Waals surface area contributed by atoms with Gasteiger partial charge in [-0.15, -0.1) is 0 Å². The normalized spacial score (nSPS) is 10.4. The lowest BCUT2D eigenvalue weighted by molar-refractivity contribution is 0.101. The number of nitrogens with two attached hydrogens (primary N) is 1. The molecule has 0 aromatic heterocycles. The summed E-state index contributed by atoms with van der Waals surface area (Å²) in [7, 11) is 0. The maximum absolute atomic E-state index is 13.4. The number of nitrogen functional groups attached to an aromatic ring is 1. The van der Waals surface area contributed by atoms with Gasteiger partial charge in [-0.25, -0.2) is 17.6 Å². The SMILES string of the molecule is Nc1ccc(NC(=O)c2c(F)cc(F)cc2F)c(F)c1. The van der Waals surface area contributed by atoms with Crippen molar-refractivity contribution < 1.29 is 22.4 Å². The van der Waals surface area contributed by atoms with Crippen molar-refractivity contribution in [2.24, 2.45) is 0 Å². The number of amides is 1. The van der Waals surface area contributed by atoms with Crippen LogP contribution in [-0.2, 0) is 0 Å². The number of halogens is 4. The van der Waals surface area contributed by atoms with Crippen LogP contribution in [0.3, 0.4) is 0 Å². The predicted octanol–water partition coefficient (Wildman–Crippen LogP) is 3.08. The molecule has 0 atom stereocenters. The van der Waals surface area contributed by atoms with Gasteiger partial charge >= 0.3 is 0 Å². The van der Waals surface area contributed by atoms with Crippen molar-refractivity contribution in [3.8, 4) is 0 Å². The van der Waals surface area contributed by atoms with Crippen molar-refractivity contribution in [1.82, 2.24) is 0 Å². The van der Waals surface area contributed by atoms with Crippen molar-refractivity contribution in [3.05, 3.63) is 59.2 Å². The molecule has 0 radical (unpaired) electrons. The highest BCUT2D eigenvalue weighted by molar-refractivity contribution is 6.04. The molecular formula is C13H8F4N2O. The fourth-order valence-electron chi connectivity index (χ4n) is 1.58. The van der Waals surface area contributed by atoms with Crippen LogP contribution in [0.4, 0.5) is 28.9 Å². The Morgan fingerprint density at radius 2 is 1.55 bits per heavy atom. The van der Waals surface area contributed by atoms with E-state index >= 15 is 0 Å². The first-order chi connectivity index (χ1) is 9.38. The zero-order chi connectivity index (χ0) is 14.9. The highest BCUT2D eigenvalue weighted by Crippen LogP contribution is 2.20. The summed E-state index contributed by atoms with van der Waals surface area (Å²) in [6.07, 6.45) is 0. The van der Waals surface area contributed by atoms with E-state index in [0.717, 1.165) is 12.1 Å². The van der Waals surface area contributed by atoms with E-state index in [-0.39, 0.29) is 11.4 Å². The molecule has 0 heterocycles. The minimum absolute atomic E-state index is 0.125. The van der Waals surface area contributed by atoms with Gasteiger partial charge in [0.2, 0.25) is 0 Å². The van der Waals surface area contributed by atoms with Crippen LogP contribution in [0.25, 0.3) is 0 Å². The summed E-state index contributed by atoms with van der Waals surface area (Å²) in [5.41, 5.74) is 4.15. The van der Waals surface area contributed by atoms with Crippen LogP contribution in [0.5, 0.6) is 0 Å². The van der Waals surface area contributed by atoms with Crippen LogP contribution in [0, 0.1) is 23.3 Å². The molecule has 3 N–H and O–H groups in total. The van der Waals surface area contributed by atoms with E-state index in [4.69, 9.17) is 5.73 Å². The Morgan fingerprint density at radius 3 is 2.10 bits per heavy atom. The molecule has 1 amide bonds. The first-order valence-corrected chi connectivity index (χ1v) is 5.39. The molecule has 0 saturated carbocycles. The van der Waals surface area contributed by atoms with Gasteiger partial charge in [0.15, 0.2) is 0 Å². The topological polar surface area (TPSA) is 55.1 Å². The number of carbonyl (C=O) groups is 1. The first-order valence-electron chi connectivity index (χ1n) is 5.39. The zero-order valence-corrected chi connectivity index (χ0v) is 9.88. The summed E-state index contributed by atoms with van der Waals surface area (Å²) in [4.78, 5) is 11.7. The van der Waals surface area contributed by atoms with Gasteiger partial charge in [0.25, 0.3) is 5.91 Å². The zero-order valence-electron chi connectivity index (χ0n) is 9.88. The highest BCUT2D eigenvalue weighted by atomic mass is 19.1. The van der Waals surface area contributed by atoms with Crippen LogP contribution in [0.1, 0.15) is 10.4 Å². The molecule has 0 unspecified atom stereocenters. The minimum atomic E-state index is -1.38. The quantitative estimate of drug-likeness (QED) is 0.657. The third-order valence-electron chi connectivity index (χ3n) is 2.48. The third kappa shape index (κ3) is 2.71. The Kier molecular flexibility index (Phi) is 3.60. The number of anilines is 2. The van der Waals surface area contributed by atoms with Gasteiger partial charge in [-0.3, -0.25) is 4.79 Å². The van der Waals surface area contributed by atoms with E-state index in [1.807, 2.05) is 5.32 Å². The Bertz CT molecular complexity index is 665. The Morgan fingerprint density at radius 1 is 0.950 bits per heavy atom. The lowest BCUT2D eigenvalue weighted by Crippen LogP contribution is -2.17. The summed E-state index contributed by atoms with van der Waals surface area (Å²) >= 11 is 0. The van der Waals surface area contributed by atoms with Crippen LogP contribution < -0.4 is 11.1 Å². The van der Waals surface area contributed by atoms with E-state index in [1.54, 1.807) is 0 Å². The summed E-state index contributed by atoms with van der Waals surface area (Å²) in [6, 6.07) is 4.10. The standard InChI is InChI=1S/C13H8F4N2O/c14-6-3-9(16)12(10(17)4-6)13(20)19-11-2-1-7(18)5-8(11)15/h1-5H,18H2,(H,19,20). The molecule has 2 aromatic rings. The van der Waals surface area contributed by atoms with E-state index in [1.165, 1.54) is 6.07 Å². The van der Waals surface area contributed by atoms with Crippen molar-refractivity contribution in [2.75, 3.05) is 11.1 Å². The lowest BCUT2D eigenvalue weighted by Gasteiger charge is -2.08. The summed E-state index contributed by atoms with van der Waals surface area (Å²) < 4.78 is 52.9. The van der Waals surface area contributed by atoms with Crippen LogP contribution in [0.2, 0.25) is 0 Å². The lowest BCUT2D eigenvalue weighted by atomic mass is 10.1. The molecule has 0 saturated heterocycles. The monoisotopic (exact) mass is 284 g/mol. The first kappa shape index (κ1) is 13.9. The van der Waals surface area contributed by atoms with E-state index in [2.05, 4.69) is 0 Å². The van der Waals surface area contributed by atoms with Gasteiger partial charge < -0.3 is 11.1 Å². The molecule has 0 aliphatic carbocycles. The number of rotatable bonds is 2. The largest absolute Gasteiger partial charge is 0.399 e. The highest BCUT2D eigenvalue weighted by Gasteiger charge is 2.20. The molecule has 7 heteroatoms. The Labute approximate surface area is 111 Å². The third-order valence-corrected chi connectivity index (χ3v) is 2.48. The van der Waals surface area contributed by atoms with E-state index in [9.17, 15) is 22.4 Å². The van der Waals surface area contributed by atoms with Crippen molar-refractivity contribution >= 4 is 17.3 Å². The van der Waals surface area contributed by atoms with Gasteiger partial charge in [0.05, 0.1) is 5.69 Å². The second kappa shape index (κ2) is 5.20. The fourth-order valence-corrected chi connectivity index (χ4v) is 1.58. The average molecular weight is 284 g/mol. The molecular weight excluding hydrogens is 276 g/mol. The predicted molar refractivity (Wildman–Crippen MR) is 65.1 cm³/mol. The van der Waals surface area contributed by atoms with Crippen LogP contribution in [0.15, 0.2) is 30.3 Å². The molecule has 0 bridgehead atoms. The molecule has 2 rings (SSSR count). The molecule has 3 nitrogen and oxygen atoms in total. The molecule has 0 aliphatic rings. The summed E-state index contributed by atoms with van der Waals surface area (Å²) in [5, 5.41) is 1.98. The number of carbonyl (C=O) groups excluding carboxylic acids is 1. The molecule has 2 aromatic carbocycles. The number of nitrogens with one attached hydrogen (secondary N) is 1. The minimum Gasteiger partial charge on any atom is -0.399 e. The Hall–Kier alpha value is -2.57. The average Bonchev–Trinajstić information content (AvgIpc) is 2.31. The van der Waals surface area contributed by atoms with Crippen molar-refractivity contribution in [3.63, 3.8) is 0 Å². The fraction of sp³-hybridized carbons (Fsp3) is 0. The molecule has 104 valence electrons. The number of hydrogen-bond acceptors (Lipinski definition) is 2. The number of benzene rings is 2. The number of hydrogen-bond donors (Lipinski definition) is 2. The van der Waals surface area contributed by atoms with Crippen molar-refractivity contribution in [2.45, 2.75) is 0 Å². The summed E-state index contributed by atoms with van der Waals surface area (Å²) in [6.45, 7) is 0. The van der Waals surface area contributed by atoms with Gasteiger partial charge in [0.1, 0.15) is 28.8 Å². The maximum atomic E-state index is 13.4. The van der Waals surface area contributed by atoms with Crippen molar-refractivity contribution in [1.29, 1.82) is 0 Å². The second-order valence-electron chi connectivity index (χ2n) is 3.94. The van der Waals surface area contributed by atoms with Gasteiger partial charge in [-0.2, -0.15) is 0 Å². The van der Waals surface area contributed by atoms with E-state index < -0.39 is 34.7 Å². The van der Waals surface area contributed by atoms with E-state index in [0.29, 0.717) is 12.1 Å².